The molecule has 0 radical (unpaired) electrons. The van der Waals surface area contributed by atoms with Gasteiger partial charge in [-0.1, -0.05) is 0 Å². The van der Waals surface area contributed by atoms with Crippen LogP contribution in [0.1, 0.15) is 40.3 Å². The maximum absolute atomic E-state index is 12.7. The molecule has 2 aromatic rings. The highest BCUT2D eigenvalue weighted by atomic mass is 16.5. The third-order valence-electron chi connectivity index (χ3n) is 4.04. The minimum atomic E-state index is -0.103. The second kappa shape index (κ2) is 6.45. The molecule has 1 aliphatic heterocycles. The van der Waals surface area contributed by atoms with Crippen LogP contribution in [-0.4, -0.2) is 50.8 Å². The second-order valence-electron chi connectivity index (χ2n) is 5.78. The van der Waals surface area contributed by atoms with Crippen molar-refractivity contribution in [3.8, 4) is 0 Å². The molecule has 1 atom stereocenters. The fourth-order valence-corrected chi connectivity index (χ4v) is 2.88. The van der Waals surface area contributed by atoms with Gasteiger partial charge in [-0.25, -0.2) is 4.98 Å². The van der Waals surface area contributed by atoms with Crippen LogP contribution < -0.4 is 0 Å². The third-order valence-corrected chi connectivity index (χ3v) is 4.04. The predicted molar refractivity (Wildman–Crippen MR) is 84.0 cm³/mol. The largest absolute Gasteiger partial charge is 0.384 e. The number of fused-ring (bicyclic) bond motifs is 1. The second-order valence-corrected chi connectivity index (χ2v) is 5.78. The number of carbonyl (C=O) groups excluding carboxylic acids is 1. The van der Waals surface area contributed by atoms with E-state index < -0.39 is 0 Å². The van der Waals surface area contributed by atoms with Gasteiger partial charge in [0.2, 0.25) is 0 Å². The first-order valence-corrected chi connectivity index (χ1v) is 7.75. The van der Waals surface area contributed by atoms with Crippen molar-refractivity contribution in [2.75, 3.05) is 20.3 Å². The van der Waals surface area contributed by atoms with Gasteiger partial charge in [-0.3, -0.25) is 14.5 Å². The van der Waals surface area contributed by atoms with Crippen LogP contribution in [0.2, 0.25) is 0 Å². The van der Waals surface area contributed by atoms with E-state index in [1.165, 1.54) is 6.20 Å². The molecule has 1 aliphatic rings. The van der Waals surface area contributed by atoms with E-state index >= 15 is 0 Å². The van der Waals surface area contributed by atoms with Crippen LogP contribution in [0.4, 0.5) is 0 Å². The zero-order chi connectivity index (χ0) is 16.4. The molecule has 0 N–H and O–H groups in total. The zero-order valence-electron chi connectivity index (χ0n) is 13.7. The molecule has 0 aromatic carbocycles. The maximum Gasteiger partial charge on any atom is 0.274 e. The van der Waals surface area contributed by atoms with Gasteiger partial charge in [0, 0.05) is 50.6 Å². The highest BCUT2D eigenvalue weighted by Gasteiger charge is 2.31. The quantitative estimate of drug-likeness (QED) is 0.852. The molecule has 3 heterocycles. The van der Waals surface area contributed by atoms with Crippen molar-refractivity contribution >= 4 is 5.91 Å². The molecule has 23 heavy (non-hydrogen) atoms. The molecule has 0 saturated carbocycles. The highest BCUT2D eigenvalue weighted by Crippen LogP contribution is 2.28. The van der Waals surface area contributed by atoms with Gasteiger partial charge in [0.25, 0.3) is 5.91 Å². The normalized spacial score (nSPS) is 17.2. The lowest BCUT2D eigenvalue weighted by atomic mass is 9.97. The molecule has 1 unspecified atom stereocenters. The number of amides is 1. The minimum Gasteiger partial charge on any atom is -0.384 e. The van der Waals surface area contributed by atoms with Crippen molar-refractivity contribution in [3.63, 3.8) is 0 Å². The van der Waals surface area contributed by atoms with E-state index in [0.29, 0.717) is 25.4 Å². The number of aromatic nitrogens is 4. The van der Waals surface area contributed by atoms with Gasteiger partial charge in [-0.15, -0.1) is 0 Å². The van der Waals surface area contributed by atoms with Crippen LogP contribution in [0, 0.1) is 6.92 Å². The molecule has 1 amide bonds. The summed E-state index contributed by atoms with van der Waals surface area (Å²) in [5.74, 6) is -0.0209. The predicted octanol–water partition coefficient (Wildman–Crippen LogP) is 1.39. The van der Waals surface area contributed by atoms with Crippen LogP contribution in [0.5, 0.6) is 0 Å². The molecule has 2 aromatic heterocycles. The van der Waals surface area contributed by atoms with Crippen molar-refractivity contribution in [1.82, 2.24) is 24.6 Å². The number of hydrogen-bond donors (Lipinski definition) is 0. The van der Waals surface area contributed by atoms with Gasteiger partial charge in [-0.05, 0) is 13.8 Å². The topological polar surface area (TPSA) is 73.1 Å². The third kappa shape index (κ3) is 3.10. The number of ether oxygens (including phenoxy) is 1. The van der Waals surface area contributed by atoms with Gasteiger partial charge in [0.05, 0.1) is 24.2 Å². The molecule has 0 aliphatic carbocycles. The van der Waals surface area contributed by atoms with Gasteiger partial charge >= 0.3 is 0 Å². The summed E-state index contributed by atoms with van der Waals surface area (Å²) in [7, 11) is 1.67. The Morgan fingerprint density at radius 1 is 1.39 bits per heavy atom. The zero-order valence-corrected chi connectivity index (χ0v) is 13.7. The lowest BCUT2D eigenvalue weighted by Gasteiger charge is -2.31. The number of rotatable bonds is 4. The molecule has 0 saturated heterocycles. The monoisotopic (exact) mass is 315 g/mol. The SMILES string of the molecule is CCn1cc2c(n1)C(COC)CN(C(=O)c1cnc(C)cn1)C2. The first kappa shape index (κ1) is 15.6. The molecule has 0 fully saturated rings. The molecule has 7 nitrogen and oxygen atoms in total. The summed E-state index contributed by atoms with van der Waals surface area (Å²) in [5, 5.41) is 4.62. The van der Waals surface area contributed by atoms with E-state index in [2.05, 4.69) is 22.0 Å². The minimum absolute atomic E-state index is 0.0823. The Labute approximate surface area is 135 Å². The number of hydrogen-bond acceptors (Lipinski definition) is 5. The number of aryl methyl sites for hydroxylation is 2. The number of methoxy groups -OCH3 is 1. The molecule has 0 spiro atoms. The molecule has 122 valence electrons. The van der Waals surface area contributed by atoms with Crippen molar-refractivity contribution in [2.24, 2.45) is 0 Å². The van der Waals surface area contributed by atoms with Crippen LogP contribution in [0.15, 0.2) is 18.6 Å². The number of nitrogens with zero attached hydrogens (tertiary/aromatic N) is 5. The van der Waals surface area contributed by atoms with Crippen molar-refractivity contribution < 1.29 is 9.53 Å². The van der Waals surface area contributed by atoms with Crippen LogP contribution in [-0.2, 0) is 17.8 Å². The Hall–Kier alpha value is -2.28. The standard InChI is InChI=1S/C16H21N5O2/c1-4-21-9-12-7-20(8-13(10-23-3)15(12)19-21)16(22)14-6-17-11(2)5-18-14/h5-6,9,13H,4,7-8,10H2,1-3H3. The van der Waals surface area contributed by atoms with Crippen molar-refractivity contribution in [1.29, 1.82) is 0 Å². The van der Waals surface area contributed by atoms with E-state index in [1.54, 1.807) is 18.2 Å². The van der Waals surface area contributed by atoms with Crippen LogP contribution in [0.25, 0.3) is 0 Å². The smallest absolute Gasteiger partial charge is 0.274 e. The van der Waals surface area contributed by atoms with E-state index in [1.807, 2.05) is 17.8 Å². The summed E-state index contributed by atoms with van der Waals surface area (Å²) < 4.78 is 7.23. The molecule has 3 rings (SSSR count). The van der Waals surface area contributed by atoms with Crippen LogP contribution in [0.3, 0.4) is 0 Å². The Bertz CT molecular complexity index is 695. The van der Waals surface area contributed by atoms with E-state index in [0.717, 1.165) is 23.5 Å². The van der Waals surface area contributed by atoms with Gasteiger partial charge in [-0.2, -0.15) is 5.10 Å². The van der Waals surface area contributed by atoms with Gasteiger partial charge < -0.3 is 9.64 Å². The first-order valence-electron chi connectivity index (χ1n) is 7.75. The summed E-state index contributed by atoms with van der Waals surface area (Å²) in [6.07, 6.45) is 5.16. The Morgan fingerprint density at radius 2 is 2.22 bits per heavy atom. The molecular formula is C16H21N5O2. The first-order chi connectivity index (χ1) is 11.1. The Balaban J connectivity index is 1.86. The summed E-state index contributed by atoms with van der Waals surface area (Å²) >= 11 is 0. The van der Waals surface area contributed by atoms with E-state index in [9.17, 15) is 4.79 Å². The number of carbonyl (C=O) groups is 1. The molecule has 0 bridgehead atoms. The fraction of sp³-hybridized carbons (Fsp3) is 0.500. The lowest BCUT2D eigenvalue weighted by molar-refractivity contribution is 0.0672. The van der Waals surface area contributed by atoms with E-state index in [-0.39, 0.29) is 11.8 Å². The summed E-state index contributed by atoms with van der Waals surface area (Å²) in [6.45, 7) is 6.37. The van der Waals surface area contributed by atoms with Gasteiger partial charge in [0.15, 0.2) is 0 Å². The Morgan fingerprint density at radius 3 is 2.87 bits per heavy atom. The van der Waals surface area contributed by atoms with Crippen molar-refractivity contribution in [3.05, 3.63) is 41.2 Å². The average molecular weight is 315 g/mol. The average Bonchev–Trinajstić information content (AvgIpc) is 2.98. The highest BCUT2D eigenvalue weighted by molar-refractivity contribution is 5.92. The van der Waals surface area contributed by atoms with Crippen molar-refractivity contribution in [2.45, 2.75) is 32.9 Å². The maximum atomic E-state index is 12.7. The Kier molecular flexibility index (Phi) is 4.38. The van der Waals surface area contributed by atoms with Crippen LogP contribution >= 0.6 is 0 Å². The van der Waals surface area contributed by atoms with E-state index in [4.69, 9.17) is 4.74 Å². The molecular weight excluding hydrogens is 294 g/mol. The lowest BCUT2D eigenvalue weighted by Crippen LogP contribution is -2.39. The summed E-state index contributed by atoms with van der Waals surface area (Å²) in [6, 6.07) is 0. The summed E-state index contributed by atoms with van der Waals surface area (Å²) in [4.78, 5) is 22.9. The summed E-state index contributed by atoms with van der Waals surface area (Å²) in [5.41, 5.74) is 3.28. The van der Waals surface area contributed by atoms with Gasteiger partial charge in [0.1, 0.15) is 5.69 Å². The molecule has 7 heteroatoms. The fourth-order valence-electron chi connectivity index (χ4n) is 2.88.